The third kappa shape index (κ3) is 4.35. The van der Waals surface area contributed by atoms with Gasteiger partial charge in [0.25, 0.3) is 0 Å². The molecule has 0 saturated heterocycles. The summed E-state index contributed by atoms with van der Waals surface area (Å²) < 4.78 is 6.58. The van der Waals surface area contributed by atoms with E-state index in [1.807, 2.05) is 26.0 Å². The number of anilines is 2. The Morgan fingerprint density at radius 2 is 1.78 bits per heavy atom. The first kappa shape index (κ1) is 19.1. The molecule has 0 radical (unpaired) electrons. The van der Waals surface area contributed by atoms with Crippen molar-refractivity contribution in [1.29, 1.82) is 0 Å². The molecule has 0 amide bonds. The zero-order valence-corrected chi connectivity index (χ0v) is 16.7. The maximum Gasteiger partial charge on any atom is 0.373 e. The smallest absolute Gasteiger partial charge is 0.373 e. The Hall–Kier alpha value is -2.71. The first-order valence-electron chi connectivity index (χ1n) is 7.81. The SMILES string of the molecule is Cc1cc(Oc2ncnc(Nc3ccc(Br)cc3)c2[N+](=O)[O-])cc(C)c1Cl. The number of aryl methyl sites for hydroxylation is 2. The lowest BCUT2D eigenvalue weighted by atomic mass is 10.1. The lowest BCUT2D eigenvalue weighted by Crippen LogP contribution is -2.03. The van der Waals surface area contributed by atoms with Gasteiger partial charge in [-0.1, -0.05) is 27.5 Å². The van der Waals surface area contributed by atoms with E-state index in [-0.39, 0.29) is 17.4 Å². The van der Waals surface area contributed by atoms with Crippen molar-refractivity contribution < 1.29 is 9.66 Å². The summed E-state index contributed by atoms with van der Waals surface area (Å²) in [6.07, 6.45) is 1.21. The molecule has 0 unspecified atom stereocenters. The van der Waals surface area contributed by atoms with Gasteiger partial charge in [-0.2, -0.15) is 4.98 Å². The predicted octanol–water partition coefficient (Wildman–Crippen LogP) is 5.95. The molecule has 0 fully saturated rings. The summed E-state index contributed by atoms with van der Waals surface area (Å²) in [5.41, 5.74) is 1.89. The Bertz CT molecular complexity index is 989. The average molecular weight is 450 g/mol. The molecule has 138 valence electrons. The van der Waals surface area contributed by atoms with E-state index < -0.39 is 4.92 Å². The number of hydrogen-bond acceptors (Lipinski definition) is 6. The zero-order chi connectivity index (χ0) is 19.6. The first-order valence-corrected chi connectivity index (χ1v) is 8.99. The van der Waals surface area contributed by atoms with Gasteiger partial charge in [-0.3, -0.25) is 10.1 Å². The van der Waals surface area contributed by atoms with Crippen LogP contribution in [0.4, 0.5) is 17.2 Å². The van der Waals surface area contributed by atoms with Gasteiger partial charge in [0.2, 0.25) is 5.82 Å². The van der Waals surface area contributed by atoms with E-state index >= 15 is 0 Å². The van der Waals surface area contributed by atoms with Crippen LogP contribution in [-0.4, -0.2) is 14.9 Å². The second-order valence-electron chi connectivity index (χ2n) is 5.74. The second-order valence-corrected chi connectivity index (χ2v) is 7.03. The van der Waals surface area contributed by atoms with E-state index in [9.17, 15) is 10.1 Å². The third-order valence-corrected chi connectivity index (χ3v) is 4.83. The first-order chi connectivity index (χ1) is 12.8. The topological polar surface area (TPSA) is 90.2 Å². The highest BCUT2D eigenvalue weighted by Crippen LogP contribution is 2.37. The van der Waals surface area contributed by atoms with Crippen molar-refractivity contribution in [3.8, 4) is 11.6 Å². The molecule has 3 aromatic rings. The van der Waals surface area contributed by atoms with Crippen LogP contribution in [0.3, 0.4) is 0 Å². The Morgan fingerprint density at radius 3 is 2.37 bits per heavy atom. The molecule has 0 saturated carbocycles. The van der Waals surface area contributed by atoms with Crippen molar-refractivity contribution in [3.63, 3.8) is 0 Å². The lowest BCUT2D eigenvalue weighted by Gasteiger charge is -2.11. The molecule has 27 heavy (non-hydrogen) atoms. The quantitative estimate of drug-likeness (QED) is 0.382. The minimum atomic E-state index is -0.577. The summed E-state index contributed by atoms with van der Waals surface area (Å²) in [6, 6.07) is 10.6. The molecule has 0 spiro atoms. The van der Waals surface area contributed by atoms with Crippen molar-refractivity contribution >= 4 is 44.7 Å². The lowest BCUT2D eigenvalue weighted by molar-refractivity contribution is -0.385. The normalized spacial score (nSPS) is 10.5. The number of halogens is 2. The van der Waals surface area contributed by atoms with Gasteiger partial charge in [0, 0.05) is 15.2 Å². The molecular weight excluding hydrogens is 436 g/mol. The number of ether oxygens (including phenoxy) is 1. The number of rotatable bonds is 5. The molecule has 7 nitrogen and oxygen atoms in total. The van der Waals surface area contributed by atoms with Crippen molar-refractivity contribution in [3.05, 3.63) is 73.5 Å². The van der Waals surface area contributed by atoms with Gasteiger partial charge >= 0.3 is 11.6 Å². The molecule has 1 aromatic heterocycles. The van der Waals surface area contributed by atoms with Crippen LogP contribution < -0.4 is 10.1 Å². The van der Waals surface area contributed by atoms with Gasteiger partial charge in [-0.05, 0) is 61.4 Å². The standard InChI is InChI=1S/C18H14BrClN4O3/c1-10-7-14(8-11(2)15(10)20)27-18-16(24(25)26)17(21-9-22-18)23-13-5-3-12(19)4-6-13/h3-9H,1-2H3,(H,21,22,23). The Balaban J connectivity index is 1.98. The minimum absolute atomic E-state index is 0.0368. The summed E-state index contributed by atoms with van der Waals surface area (Å²) in [4.78, 5) is 19.0. The molecule has 0 aliphatic rings. The number of nitrogens with zero attached hydrogens (tertiary/aromatic N) is 3. The Morgan fingerprint density at radius 1 is 1.15 bits per heavy atom. The number of hydrogen-bond donors (Lipinski definition) is 1. The average Bonchev–Trinajstić information content (AvgIpc) is 2.61. The fourth-order valence-electron chi connectivity index (χ4n) is 2.44. The molecule has 0 aliphatic heterocycles. The molecule has 0 aliphatic carbocycles. The highest BCUT2D eigenvalue weighted by atomic mass is 79.9. The number of aromatic nitrogens is 2. The van der Waals surface area contributed by atoms with Crippen LogP contribution in [0.5, 0.6) is 11.6 Å². The van der Waals surface area contributed by atoms with Crippen LogP contribution in [0.15, 0.2) is 47.2 Å². The van der Waals surface area contributed by atoms with Gasteiger partial charge in [-0.15, -0.1) is 0 Å². The van der Waals surface area contributed by atoms with E-state index in [4.69, 9.17) is 16.3 Å². The van der Waals surface area contributed by atoms with Crippen LogP contribution >= 0.6 is 27.5 Å². The molecule has 0 bridgehead atoms. The van der Waals surface area contributed by atoms with Crippen LogP contribution in [0, 0.1) is 24.0 Å². The van der Waals surface area contributed by atoms with E-state index in [2.05, 4.69) is 31.2 Å². The van der Waals surface area contributed by atoms with E-state index in [0.29, 0.717) is 16.5 Å². The van der Waals surface area contributed by atoms with Crippen molar-refractivity contribution in [2.75, 3.05) is 5.32 Å². The molecule has 3 rings (SSSR count). The van der Waals surface area contributed by atoms with Gasteiger partial charge in [0.1, 0.15) is 12.1 Å². The molecular formula is C18H14BrClN4O3. The van der Waals surface area contributed by atoms with E-state index in [1.54, 1.807) is 24.3 Å². The summed E-state index contributed by atoms with van der Waals surface area (Å²) >= 11 is 9.50. The molecule has 1 heterocycles. The van der Waals surface area contributed by atoms with Crippen LogP contribution in [-0.2, 0) is 0 Å². The summed E-state index contributed by atoms with van der Waals surface area (Å²) in [7, 11) is 0. The molecule has 0 atom stereocenters. The predicted molar refractivity (Wildman–Crippen MR) is 107 cm³/mol. The number of nitrogens with one attached hydrogen (secondary N) is 1. The molecule has 2 aromatic carbocycles. The van der Waals surface area contributed by atoms with E-state index in [0.717, 1.165) is 15.6 Å². The minimum Gasteiger partial charge on any atom is -0.434 e. The van der Waals surface area contributed by atoms with Crippen molar-refractivity contribution in [2.45, 2.75) is 13.8 Å². The van der Waals surface area contributed by atoms with Gasteiger partial charge in [-0.25, -0.2) is 4.98 Å². The van der Waals surface area contributed by atoms with Gasteiger partial charge in [0.05, 0.1) is 4.92 Å². The van der Waals surface area contributed by atoms with Crippen molar-refractivity contribution in [2.24, 2.45) is 0 Å². The van der Waals surface area contributed by atoms with Crippen molar-refractivity contribution in [1.82, 2.24) is 9.97 Å². The maximum absolute atomic E-state index is 11.6. The molecule has 1 N–H and O–H groups in total. The zero-order valence-electron chi connectivity index (χ0n) is 14.4. The highest BCUT2D eigenvalue weighted by Gasteiger charge is 2.25. The van der Waals surface area contributed by atoms with Crippen LogP contribution in [0.1, 0.15) is 11.1 Å². The third-order valence-electron chi connectivity index (χ3n) is 3.70. The Kier molecular flexibility index (Phi) is 5.57. The van der Waals surface area contributed by atoms with Gasteiger partial charge in [0.15, 0.2) is 0 Å². The highest BCUT2D eigenvalue weighted by molar-refractivity contribution is 9.10. The van der Waals surface area contributed by atoms with E-state index in [1.165, 1.54) is 6.33 Å². The fraction of sp³-hybridized carbons (Fsp3) is 0.111. The summed E-state index contributed by atoms with van der Waals surface area (Å²) in [6.45, 7) is 3.66. The van der Waals surface area contributed by atoms with Gasteiger partial charge < -0.3 is 10.1 Å². The Labute approximate surface area is 168 Å². The number of nitro groups is 1. The number of benzene rings is 2. The fourth-order valence-corrected chi connectivity index (χ4v) is 2.81. The second kappa shape index (κ2) is 7.89. The summed E-state index contributed by atoms with van der Waals surface area (Å²) in [5.74, 6) is 0.288. The van der Waals surface area contributed by atoms with Crippen LogP contribution in [0.25, 0.3) is 0 Å². The largest absolute Gasteiger partial charge is 0.434 e. The van der Waals surface area contributed by atoms with Crippen LogP contribution in [0.2, 0.25) is 5.02 Å². The summed E-state index contributed by atoms with van der Waals surface area (Å²) in [5, 5.41) is 15.2. The molecule has 9 heteroatoms. The maximum atomic E-state index is 11.6. The monoisotopic (exact) mass is 448 g/mol.